The number of benzene rings is 1. The van der Waals surface area contributed by atoms with Crippen LogP contribution in [0.15, 0.2) is 32.2 Å². The molecule has 0 aromatic heterocycles. The van der Waals surface area contributed by atoms with E-state index >= 15 is 0 Å². The third-order valence-electron chi connectivity index (χ3n) is 2.60. The minimum absolute atomic E-state index is 0.541. The van der Waals surface area contributed by atoms with Crippen molar-refractivity contribution in [1.29, 1.82) is 0 Å². The molecule has 1 aromatic rings. The lowest BCUT2D eigenvalue weighted by Gasteiger charge is -2.13. The number of hydrogen-bond donors (Lipinski definition) is 2. The second-order valence-corrected chi connectivity index (χ2v) is 5.32. The quantitative estimate of drug-likeness (QED) is 0.384. The molecule has 4 nitrogen and oxygen atoms in total. The zero-order valence-corrected chi connectivity index (χ0v) is 12.4. The third-order valence-corrected chi connectivity index (χ3v) is 4.16. The first-order valence-corrected chi connectivity index (χ1v) is 7.68. The van der Waals surface area contributed by atoms with Crippen molar-refractivity contribution in [3.8, 4) is 0 Å². The first-order chi connectivity index (χ1) is 8.58. The zero-order chi connectivity index (χ0) is 13.7. The zero-order valence-electron chi connectivity index (χ0n) is 10.8. The average molecular weight is 284 g/mol. The predicted molar refractivity (Wildman–Crippen MR) is 78.0 cm³/mol. The Balaban J connectivity index is 3.53. The molecule has 0 unspecified atom stereocenters. The van der Waals surface area contributed by atoms with Crippen LogP contribution in [0.5, 0.6) is 0 Å². The largest absolute Gasteiger partial charge is 0.411 e. The molecule has 0 aliphatic heterocycles. The number of nitrogens with zero attached hydrogens (tertiary/aromatic N) is 2. The van der Waals surface area contributed by atoms with Gasteiger partial charge >= 0.3 is 0 Å². The molecule has 1 aromatic carbocycles. The van der Waals surface area contributed by atoms with E-state index < -0.39 is 0 Å². The van der Waals surface area contributed by atoms with Crippen molar-refractivity contribution in [3.05, 3.63) is 23.3 Å². The van der Waals surface area contributed by atoms with E-state index in [0.29, 0.717) is 11.4 Å². The molecule has 0 amide bonds. The molecule has 0 saturated heterocycles. The highest BCUT2D eigenvalue weighted by atomic mass is 32.2. The fourth-order valence-corrected chi connectivity index (χ4v) is 2.97. The van der Waals surface area contributed by atoms with Gasteiger partial charge in [0, 0.05) is 20.9 Å². The maximum Gasteiger partial charge on any atom is 0.0848 e. The smallest absolute Gasteiger partial charge is 0.0848 e. The molecule has 0 bridgehead atoms. The number of thioether (sulfide) groups is 2. The summed E-state index contributed by atoms with van der Waals surface area (Å²) in [5.74, 6) is 0. The Labute approximate surface area is 115 Å². The molecule has 0 saturated carbocycles. The molecule has 18 heavy (non-hydrogen) atoms. The second kappa shape index (κ2) is 6.70. The van der Waals surface area contributed by atoms with Crippen LogP contribution in [0.4, 0.5) is 0 Å². The van der Waals surface area contributed by atoms with Gasteiger partial charge in [0.15, 0.2) is 0 Å². The van der Waals surface area contributed by atoms with Crippen LogP contribution in [0, 0.1) is 0 Å². The third kappa shape index (κ3) is 3.00. The van der Waals surface area contributed by atoms with Crippen molar-refractivity contribution in [2.45, 2.75) is 23.6 Å². The van der Waals surface area contributed by atoms with Gasteiger partial charge in [-0.05, 0) is 38.5 Å². The summed E-state index contributed by atoms with van der Waals surface area (Å²) in [6, 6.07) is 3.91. The molecule has 2 N–H and O–H groups in total. The van der Waals surface area contributed by atoms with Crippen molar-refractivity contribution in [2.75, 3.05) is 12.5 Å². The summed E-state index contributed by atoms with van der Waals surface area (Å²) >= 11 is 3.18. The summed E-state index contributed by atoms with van der Waals surface area (Å²) < 4.78 is 0. The van der Waals surface area contributed by atoms with Crippen LogP contribution >= 0.6 is 23.5 Å². The molecule has 0 fully saturated rings. The van der Waals surface area contributed by atoms with Gasteiger partial charge in [-0.15, -0.1) is 23.5 Å². The van der Waals surface area contributed by atoms with Crippen LogP contribution in [0.1, 0.15) is 25.0 Å². The van der Waals surface area contributed by atoms with E-state index in [1.807, 2.05) is 24.6 Å². The van der Waals surface area contributed by atoms with Gasteiger partial charge in [0.1, 0.15) is 0 Å². The molecule has 0 atom stereocenters. The van der Waals surface area contributed by atoms with Gasteiger partial charge in [0.05, 0.1) is 11.4 Å². The molecule has 1 rings (SSSR count). The summed E-state index contributed by atoms with van der Waals surface area (Å²) in [7, 11) is 0. The number of rotatable bonds is 4. The van der Waals surface area contributed by atoms with E-state index in [0.717, 1.165) is 20.9 Å². The van der Waals surface area contributed by atoms with Gasteiger partial charge in [-0.2, -0.15) is 0 Å². The molecule has 0 aliphatic carbocycles. The van der Waals surface area contributed by atoms with Crippen LogP contribution < -0.4 is 0 Å². The highest BCUT2D eigenvalue weighted by Gasteiger charge is 2.13. The van der Waals surface area contributed by atoms with E-state index in [9.17, 15) is 0 Å². The van der Waals surface area contributed by atoms with Crippen LogP contribution in [0.3, 0.4) is 0 Å². The van der Waals surface area contributed by atoms with E-state index in [-0.39, 0.29) is 0 Å². The van der Waals surface area contributed by atoms with Gasteiger partial charge in [0.2, 0.25) is 0 Å². The Morgan fingerprint density at radius 3 is 1.56 bits per heavy atom. The van der Waals surface area contributed by atoms with Crippen molar-refractivity contribution in [1.82, 2.24) is 0 Å². The van der Waals surface area contributed by atoms with Crippen molar-refractivity contribution < 1.29 is 10.4 Å². The SMILES string of the molecule is CSc1cc(SC)c(/C(C)=N/O)cc1/C(C)=N/O. The van der Waals surface area contributed by atoms with E-state index in [4.69, 9.17) is 10.4 Å². The Hall–Kier alpha value is -1.14. The van der Waals surface area contributed by atoms with Crippen LogP contribution in [0.2, 0.25) is 0 Å². The number of oxime groups is 2. The standard InChI is InChI=1S/C12H16N2O2S2/c1-7(13-15)9-5-10(8(2)14-16)12(18-4)6-11(9)17-3/h5-6,15-16H,1-4H3/b13-7+,14-8+. The summed E-state index contributed by atoms with van der Waals surface area (Å²) in [5.41, 5.74) is 2.78. The fraction of sp³-hybridized carbons (Fsp3) is 0.333. The maximum atomic E-state index is 8.92. The first kappa shape index (κ1) is 14.9. The Bertz CT molecular complexity index is 458. The van der Waals surface area contributed by atoms with E-state index in [2.05, 4.69) is 10.3 Å². The highest BCUT2D eigenvalue weighted by molar-refractivity contribution is 7.99. The second-order valence-electron chi connectivity index (χ2n) is 3.62. The molecule has 0 aliphatic rings. The van der Waals surface area contributed by atoms with Gasteiger partial charge in [0.25, 0.3) is 0 Å². The molecule has 0 radical (unpaired) electrons. The van der Waals surface area contributed by atoms with Crippen LogP contribution in [-0.2, 0) is 0 Å². The Kier molecular flexibility index (Phi) is 5.55. The fourth-order valence-electron chi connectivity index (χ4n) is 1.57. The predicted octanol–water partition coefficient (Wildman–Crippen LogP) is 3.53. The topological polar surface area (TPSA) is 65.2 Å². The minimum Gasteiger partial charge on any atom is -0.411 e. The molecule has 98 valence electrons. The van der Waals surface area contributed by atoms with Gasteiger partial charge in [-0.1, -0.05) is 10.3 Å². The van der Waals surface area contributed by atoms with Crippen molar-refractivity contribution in [2.24, 2.45) is 10.3 Å². The monoisotopic (exact) mass is 284 g/mol. The van der Waals surface area contributed by atoms with Gasteiger partial charge in [-0.3, -0.25) is 0 Å². The maximum absolute atomic E-state index is 8.92. The Morgan fingerprint density at radius 2 is 1.28 bits per heavy atom. The van der Waals surface area contributed by atoms with Crippen molar-refractivity contribution in [3.63, 3.8) is 0 Å². The van der Waals surface area contributed by atoms with Gasteiger partial charge in [-0.25, -0.2) is 0 Å². The summed E-state index contributed by atoms with van der Waals surface area (Å²) in [4.78, 5) is 2.06. The molecule has 0 spiro atoms. The summed E-state index contributed by atoms with van der Waals surface area (Å²) in [5, 5.41) is 24.3. The molecular formula is C12H16N2O2S2. The van der Waals surface area contributed by atoms with Crippen LogP contribution in [0.25, 0.3) is 0 Å². The lowest BCUT2D eigenvalue weighted by molar-refractivity contribution is 0.319. The lowest BCUT2D eigenvalue weighted by atomic mass is 10.0. The lowest BCUT2D eigenvalue weighted by Crippen LogP contribution is -2.04. The first-order valence-electron chi connectivity index (χ1n) is 5.23. The normalized spacial score (nSPS) is 12.9. The summed E-state index contributed by atoms with van der Waals surface area (Å²) in [6.07, 6.45) is 3.94. The Morgan fingerprint density at radius 1 is 0.889 bits per heavy atom. The van der Waals surface area contributed by atoms with Gasteiger partial charge < -0.3 is 10.4 Å². The molecule has 0 heterocycles. The van der Waals surface area contributed by atoms with Crippen LogP contribution in [-0.4, -0.2) is 34.3 Å². The highest BCUT2D eigenvalue weighted by Crippen LogP contribution is 2.30. The summed E-state index contributed by atoms with van der Waals surface area (Å²) in [6.45, 7) is 3.48. The van der Waals surface area contributed by atoms with Crippen molar-refractivity contribution >= 4 is 34.9 Å². The number of hydrogen-bond acceptors (Lipinski definition) is 6. The molecule has 6 heteroatoms. The van der Waals surface area contributed by atoms with E-state index in [1.54, 1.807) is 37.4 Å². The minimum atomic E-state index is 0.541. The van der Waals surface area contributed by atoms with E-state index in [1.165, 1.54) is 0 Å². The average Bonchev–Trinajstić information content (AvgIpc) is 2.43. The molecular weight excluding hydrogens is 268 g/mol.